The molecule has 0 aliphatic rings. The van der Waals surface area contributed by atoms with E-state index in [4.69, 9.17) is 4.74 Å². The van der Waals surface area contributed by atoms with Crippen LogP contribution in [-0.2, 0) is 0 Å². The number of nitro groups is 1. The van der Waals surface area contributed by atoms with Crippen molar-refractivity contribution in [3.8, 4) is 11.8 Å². The summed E-state index contributed by atoms with van der Waals surface area (Å²) in [6, 6.07) is 14.5. The standard InChI is InChI=1S/C19H13N3O4/c1-26-17-6-7-18-13(10-17)8-14(19(23)21-18)9-15(11-20)12-2-4-16(5-3-12)22(24)25/h2-10H,1H3,(H,21,23)/b15-9+. The third-order valence-corrected chi connectivity index (χ3v) is 3.89. The number of H-pyrrole nitrogens is 1. The number of non-ortho nitro benzene ring substituents is 1. The number of methoxy groups -OCH3 is 1. The average Bonchev–Trinajstić information content (AvgIpc) is 2.66. The van der Waals surface area contributed by atoms with Gasteiger partial charge < -0.3 is 9.72 Å². The predicted octanol–water partition coefficient (Wildman–Crippen LogP) is 3.51. The normalized spacial score (nSPS) is 11.2. The molecule has 1 aromatic heterocycles. The molecule has 1 N–H and O–H groups in total. The summed E-state index contributed by atoms with van der Waals surface area (Å²) >= 11 is 0. The van der Waals surface area contributed by atoms with Gasteiger partial charge in [0, 0.05) is 28.6 Å². The van der Waals surface area contributed by atoms with Crippen LogP contribution < -0.4 is 10.3 Å². The van der Waals surface area contributed by atoms with Crippen LogP contribution in [0.25, 0.3) is 22.6 Å². The lowest BCUT2D eigenvalue weighted by Gasteiger charge is -2.04. The number of fused-ring (bicyclic) bond motifs is 1. The molecule has 0 aliphatic heterocycles. The Hall–Kier alpha value is -3.92. The van der Waals surface area contributed by atoms with E-state index in [0.717, 1.165) is 5.39 Å². The van der Waals surface area contributed by atoms with E-state index in [2.05, 4.69) is 4.98 Å². The molecule has 3 aromatic rings. The molecule has 1 heterocycles. The Bertz CT molecular complexity index is 1120. The largest absolute Gasteiger partial charge is 0.497 e. The molecular weight excluding hydrogens is 334 g/mol. The van der Waals surface area contributed by atoms with Crippen LogP contribution in [0.15, 0.2) is 53.3 Å². The number of nitro benzene ring substituents is 1. The van der Waals surface area contributed by atoms with Gasteiger partial charge in [-0.25, -0.2) is 0 Å². The van der Waals surface area contributed by atoms with E-state index in [1.165, 1.54) is 30.3 Å². The number of pyridine rings is 1. The summed E-state index contributed by atoms with van der Waals surface area (Å²) in [4.78, 5) is 25.3. The molecule has 0 bridgehead atoms. The van der Waals surface area contributed by atoms with Gasteiger partial charge in [0.2, 0.25) is 0 Å². The zero-order chi connectivity index (χ0) is 18.7. The van der Waals surface area contributed by atoms with Crippen molar-refractivity contribution < 1.29 is 9.66 Å². The first-order chi connectivity index (χ1) is 12.5. The van der Waals surface area contributed by atoms with E-state index < -0.39 is 4.92 Å². The average molecular weight is 347 g/mol. The zero-order valence-electron chi connectivity index (χ0n) is 13.7. The second-order valence-electron chi connectivity index (χ2n) is 5.48. The van der Waals surface area contributed by atoms with Crippen LogP contribution in [-0.4, -0.2) is 17.0 Å². The van der Waals surface area contributed by atoms with Crippen LogP contribution in [0.3, 0.4) is 0 Å². The van der Waals surface area contributed by atoms with Crippen molar-refractivity contribution in [2.45, 2.75) is 0 Å². The van der Waals surface area contributed by atoms with Gasteiger partial charge in [0.25, 0.3) is 11.2 Å². The number of aromatic nitrogens is 1. The van der Waals surface area contributed by atoms with Crippen molar-refractivity contribution >= 4 is 28.2 Å². The van der Waals surface area contributed by atoms with Gasteiger partial charge in [0.05, 0.1) is 23.7 Å². The quantitative estimate of drug-likeness (QED) is 0.441. The Morgan fingerprint density at radius 1 is 1.23 bits per heavy atom. The number of aromatic amines is 1. The van der Waals surface area contributed by atoms with Crippen LogP contribution in [0.4, 0.5) is 5.69 Å². The Balaban J connectivity index is 2.08. The van der Waals surface area contributed by atoms with Crippen molar-refractivity contribution in [1.82, 2.24) is 4.98 Å². The van der Waals surface area contributed by atoms with E-state index in [-0.39, 0.29) is 16.8 Å². The minimum Gasteiger partial charge on any atom is -0.497 e. The number of hydrogen-bond acceptors (Lipinski definition) is 5. The smallest absolute Gasteiger partial charge is 0.269 e. The highest BCUT2D eigenvalue weighted by Crippen LogP contribution is 2.22. The number of nitrogens with zero attached hydrogens (tertiary/aromatic N) is 2. The first-order valence-corrected chi connectivity index (χ1v) is 7.59. The van der Waals surface area contributed by atoms with Gasteiger partial charge in [-0.2, -0.15) is 5.26 Å². The molecule has 0 saturated heterocycles. The van der Waals surface area contributed by atoms with Gasteiger partial charge >= 0.3 is 0 Å². The first-order valence-electron chi connectivity index (χ1n) is 7.59. The number of ether oxygens (including phenoxy) is 1. The van der Waals surface area contributed by atoms with Crippen LogP contribution in [0.2, 0.25) is 0 Å². The Labute approximate surface area is 147 Å². The molecule has 7 heteroatoms. The van der Waals surface area contributed by atoms with E-state index in [0.29, 0.717) is 22.4 Å². The summed E-state index contributed by atoms with van der Waals surface area (Å²) in [7, 11) is 1.55. The molecule has 0 saturated carbocycles. The maximum atomic E-state index is 12.3. The molecule has 0 fully saturated rings. The van der Waals surface area contributed by atoms with Crippen LogP contribution in [0, 0.1) is 21.4 Å². The molecule has 0 aliphatic carbocycles. The highest BCUT2D eigenvalue weighted by atomic mass is 16.6. The topological polar surface area (TPSA) is 109 Å². The second kappa shape index (κ2) is 6.91. The number of benzene rings is 2. The van der Waals surface area contributed by atoms with Crippen LogP contribution in [0.5, 0.6) is 5.75 Å². The molecule has 26 heavy (non-hydrogen) atoms. The molecular formula is C19H13N3O4. The maximum absolute atomic E-state index is 12.3. The van der Waals surface area contributed by atoms with E-state index >= 15 is 0 Å². The summed E-state index contributed by atoms with van der Waals surface area (Å²) in [5.74, 6) is 0.648. The number of hydrogen-bond donors (Lipinski definition) is 1. The lowest BCUT2D eigenvalue weighted by atomic mass is 10.0. The Morgan fingerprint density at radius 2 is 1.96 bits per heavy atom. The molecule has 0 unspecified atom stereocenters. The number of rotatable bonds is 4. The summed E-state index contributed by atoms with van der Waals surface area (Å²) in [6.45, 7) is 0. The van der Waals surface area contributed by atoms with Gasteiger partial charge in [-0.3, -0.25) is 14.9 Å². The molecule has 2 aromatic carbocycles. The zero-order valence-corrected chi connectivity index (χ0v) is 13.7. The second-order valence-corrected chi connectivity index (χ2v) is 5.48. The van der Waals surface area contributed by atoms with E-state index in [9.17, 15) is 20.2 Å². The minimum absolute atomic E-state index is 0.0679. The molecule has 0 amide bonds. The first kappa shape index (κ1) is 16.9. The SMILES string of the molecule is COc1ccc2[nH]c(=O)c(/C=C(\C#N)c3ccc([N+](=O)[O-])cc3)cc2c1. The van der Waals surface area contributed by atoms with Crippen LogP contribution >= 0.6 is 0 Å². The maximum Gasteiger partial charge on any atom is 0.269 e. The lowest BCUT2D eigenvalue weighted by Crippen LogP contribution is -2.09. The molecule has 0 atom stereocenters. The molecule has 3 rings (SSSR count). The predicted molar refractivity (Wildman–Crippen MR) is 97.7 cm³/mol. The summed E-state index contributed by atoms with van der Waals surface area (Å²) < 4.78 is 5.18. The minimum atomic E-state index is -0.513. The number of nitriles is 1. The monoisotopic (exact) mass is 347 g/mol. The molecule has 0 spiro atoms. The summed E-state index contributed by atoms with van der Waals surface area (Å²) in [6.07, 6.45) is 1.46. The molecule has 7 nitrogen and oxygen atoms in total. The lowest BCUT2D eigenvalue weighted by molar-refractivity contribution is -0.384. The van der Waals surface area contributed by atoms with Crippen molar-refractivity contribution in [2.75, 3.05) is 7.11 Å². The van der Waals surface area contributed by atoms with Crippen molar-refractivity contribution in [3.05, 3.63) is 80.1 Å². The Kier molecular flexibility index (Phi) is 4.50. The van der Waals surface area contributed by atoms with E-state index in [1.807, 2.05) is 6.07 Å². The van der Waals surface area contributed by atoms with Gasteiger partial charge in [-0.05, 0) is 48.0 Å². The fourth-order valence-electron chi connectivity index (χ4n) is 2.53. The van der Waals surface area contributed by atoms with Crippen molar-refractivity contribution in [2.24, 2.45) is 0 Å². The number of allylic oxidation sites excluding steroid dienone is 1. The molecule has 128 valence electrons. The van der Waals surface area contributed by atoms with Crippen molar-refractivity contribution in [3.63, 3.8) is 0 Å². The van der Waals surface area contributed by atoms with Gasteiger partial charge in [0.1, 0.15) is 5.75 Å². The van der Waals surface area contributed by atoms with Crippen molar-refractivity contribution in [1.29, 1.82) is 5.26 Å². The van der Waals surface area contributed by atoms with Crippen LogP contribution in [0.1, 0.15) is 11.1 Å². The highest BCUT2D eigenvalue weighted by Gasteiger charge is 2.09. The highest BCUT2D eigenvalue weighted by molar-refractivity contribution is 5.91. The van der Waals surface area contributed by atoms with Gasteiger partial charge in [0.15, 0.2) is 0 Å². The summed E-state index contributed by atoms with van der Waals surface area (Å²) in [5, 5.41) is 20.9. The van der Waals surface area contributed by atoms with Gasteiger partial charge in [-0.1, -0.05) is 0 Å². The van der Waals surface area contributed by atoms with E-state index in [1.54, 1.807) is 31.4 Å². The number of nitrogens with one attached hydrogen (secondary N) is 1. The fraction of sp³-hybridized carbons (Fsp3) is 0.0526. The third-order valence-electron chi connectivity index (χ3n) is 3.89. The van der Waals surface area contributed by atoms with Gasteiger partial charge in [-0.15, -0.1) is 0 Å². The third kappa shape index (κ3) is 3.30. The summed E-state index contributed by atoms with van der Waals surface area (Å²) in [5.41, 5.74) is 1.28. The molecule has 0 radical (unpaired) electrons. The fourth-order valence-corrected chi connectivity index (χ4v) is 2.53. The Morgan fingerprint density at radius 3 is 2.58 bits per heavy atom.